The highest BCUT2D eigenvalue weighted by Gasteiger charge is 2.34. The molecular formula is C29H28FN5O3. The molecule has 9 heteroatoms. The van der Waals surface area contributed by atoms with Gasteiger partial charge in [-0.05, 0) is 56.2 Å². The highest BCUT2D eigenvalue weighted by molar-refractivity contribution is 6.06. The van der Waals surface area contributed by atoms with Gasteiger partial charge in [0.25, 0.3) is 5.91 Å². The molecule has 0 unspecified atom stereocenters. The fourth-order valence-electron chi connectivity index (χ4n) is 4.58. The molecule has 1 atom stereocenters. The molecule has 2 heterocycles. The summed E-state index contributed by atoms with van der Waals surface area (Å²) in [6, 6.07) is 17.2. The van der Waals surface area contributed by atoms with Crippen molar-refractivity contribution >= 4 is 17.5 Å². The predicted molar refractivity (Wildman–Crippen MR) is 143 cm³/mol. The summed E-state index contributed by atoms with van der Waals surface area (Å²) < 4.78 is 27.2. The zero-order valence-corrected chi connectivity index (χ0v) is 21.6. The van der Waals surface area contributed by atoms with Crippen LogP contribution >= 0.6 is 0 Å². The van der Waals surface area contributed by atoms with E-state index in [4.69, 9.17) is 9.47 Å². The topological polar surface area (TPSA) is 90.3 Å². The summed E-state index contributed by atoms with van der Waals surface area (Å²) in [6.07, 6.45) is 1.44. The Kier molecular flexibility index (Phi) is 6.83. The summed E-state index contributed by atoms with van der Waals surface area (Å²) in [6.45, 7) is 5.85. The van der Waals surface area contributed by atoms with Crippen LogP contribution in [0.1, 0.15) is 35.2 Å². The molecule has 1 aliphatic heterocycles. The lowest BCUT2D eigenvalue weighted by atomic mass is 9.94. The number of fused-ring (bicyclic) bond motifs is 1. The molecule has 3 aromatic carbocycles. The number of rotatable bonds is 7. The maximum absolute atomic E-state index is 14.1. The van der Waals surface area contributed by atoms with Crippen LogP contribution in [0.25, 0.3) is 0 Å². The third-order valence-corrected chi connectivity index (χ3v) is 6.51. The van der Waals surface area contributed by atoms with Crippen LogP contribution in [0, 0.1) is 19.7 Å². The largest absolute Gasteiger partial charge is 0.493 e. The van der Waals surface area contributed by atoms with Gasteiger partial charge in [-0.25, -0.2) is 9.07 Å². The Morgan fingerprint density at radius 2 is 1.89 bits per heavy atom. The molecule has 5 rings (SSSR count). The molecule has 0 bridgehead atoms. The van der Waals surface area contributed by atoms with Crippen LogP contribution in [0.4, 0.5) is 16.0 Å². The van der Waals surface area contributed by atoms with Crippen molar-refractivity contribution in [2.75, 3.05) is 17.7 Å². The molecule has 1 aromatic heterocycles. The van der Waals surface area contributed by atoms with Crippen LogP contribution in [0.15, 0.2) is 78.3 Å². The second kappa shape index (κ2) is 10.4. The maximum Gasteiger partial charge on any atom is 0.255 e. The summed E-state index contributed by atoms with van der Waals surface area (Å²) >= 11 is 0. The average Bonchev–Trinajstić information content (AvgIpc) is 3.37. The zero-order valence-electron chi connectivity index (χ0n) is 21.6. The lowest BCUT2D eigenvalue weighted by Crippen LogP contribution is -2.31. The highest BCUT2D eigenvalue weighted by Crippen LogP contribution is 2.39. The van der Waals surface area contributed by atoms with Crippen LogP contribution in [0.5, 0.6) is 11.5 Å². The predicted octanol–water partition coefficient (Wildman–Crippen LogP) is 5.55. The van der Waals surface area contributed by atoms with E-state index in [9.17, 15) is 9.18 Å². The van der Waals surface area contributed by atoms with E-state index in [0.29, 0.717) is 34.3 Å². The number of aryl methyl sites for hydroxylation is 2. The van der Waals surface area contributed by atoms with Gasteiger partial charge in [-0.1, -0.05) is 42.0 Å². The van der Waals surface area contributed by atoms with E-state index < -0.39 is 6.04 Å². The van der Waals surface area contributed by atoms with Crippen molar-refractivity contribution in [3.05, 3.63) is 106 Å². The normalized spacial score (nSPS) is 14.5. The molecule has 0 aliphatic carbocycles. The molecule has 0 saturated heterocycles. The minimum Gasteiger partial charge on any atom is -0.493 e. The first-order valence-electron chi connectivity index (χ1n) is 12.2. The fraction of sp³-hybridized carbons (Fsp3) is 0.207. The van der Waals surface area contributed by atoms with E-state index in [2.05, 4.69) is 20.7 Å². The van der Waals surface area contributed by atoms with Gasteiger partial charge >= 0.3 is 0 Å². The van der Waals surface area contributed by atoms with Crippen molar-refractivity contribution in [2.45, 2.75) is 33.4 Å². The van der Waals surface area contributed by atoms with Crippen LogP contribution in [-0.2, 0) is 11.4 Å². The molecule has 194 valence electrons. The molecule has 2 N–H and O–H groups in total. The number of allylic oxidation sites excluding steroid dienone is 1. The number of carbonyl (C=O) groups is 1. The Morgan fingerprint density at radius 3 is 2.66 bits per heavy atom. The summed E-state index contributed by atoms with van der Waals surface area (Å²) in [7, 11) is 1.53. The van der Waals surface area contributed by atoms with Gasteiger partial charge in [-0.3, -0.25) is 4.79 Å². The lowest BCUT2D eigenvalue weighted by molar-refractivity contribution is -0.113. The van der Waals surface area contributed by atoms with Crippen molar-refractivity contribution in [1.29, 1.82) is 0 Å². The fourth-order valence-corrected chi connectivity index (χ4v) is 4.58. The zero-order chi connectivity index (χ0) is 26.8. The Balaban J connectivity index is 1.48. The van der Waals surface area contributed by atoms with Crippen molar-refractivity contribution < 1.29 is 18.7 Å². The van der Waals surface area contributed by atoms with Gasteiger partial charge < -0.3 is 20.1 Å². The number of methoxy groups -OCH3 is 1. The number of hydrogen-bond donors (Lipinski definition) is 2. The van der Waals surface area contributed by atoms with Gasteiger partial charge in [-0.15, -0.1) is 0 Å². The molecule has 1 amide bonds. The monoisotopic (exact) mass is 513 g/mol. The third-order valence-electron chi connectivity index (χ3n) is 6.51. The molecule has 38 heavy (non-hydrogen) atoms. The summed E-state index contributed by atoms with van der Waals surface area (Å²) in [5, 5.41) is 10.6. The SMILES string of the molecule is COc1cc([C@@H]2C(C(=O)Nc3ccc(C)cc3C)=C(C)Nc3ncnn32)ccc1OCc1ccccc1F. The number of nitrogens with zero attached hydrogens (tertiary/aromatic N) is 3. The number of ether oxygens (including phenoxy) is 2. The molecule has 8 nitrogen and oxygen atoms in total. The van der Waals surface area contributed by atoms with E-state index in [0.717, 1.165) is 22.4 Å². The first kappa shape index (κ1) is 25.0. The molecule has 4 aromatic rings. The molecule has 0 saturated carbocycles. The van der Waals surface area contributed by atoms with Gasteiger partial charge in [0, 0.05) is 16.9 Å². The second-order valence-corrected chi connectivity index (χ2v) is 9.16. The molecular weight excluding hydrogens is 485 g/mol. The Morgan fingerprint density at radius 1 is 1.08 bits per heavy atom. The molecule has 0 radical (unpaired) electrons. The number of benzene rings is 3. The summed E-state index contributed by atoms with van der Waals surface area (Å²) in [4.78, 5) is 18.0. The average molecular weight is 514 g/mol. The van der Waals surface area contributed by atoms with Crippen molar-refractivity contribution in [3.63, 3.8) is 0 Å². The van der Waals surface area contributed by atoms with Gasteiger partial charge in [0.1, 0.15) is 24.8 Å². The number of amides is 1. The van der Waals surface area contributed by atoms with E-state index >= 15 is 0 Å². The first-order valence-corrected chi connectivity index (χ1v) is 12.2. The smallest absolute Gasteiger partial charge is 0.255 e. The summed E-state index contributed by atoms with van der Waals surface area (Å²) in [5.74, 6) is 0.831. The highest BCUT2D eigenvalue weighted by atomic mass is 19.1. The van der Waals surface area contributed by atoms with Crippen molar-refractivity contribution in [2.24, 2.45) is 0 Å². The van der Waals surface area contributed by atoms with Crippen molar-refractivity contribution in [1.82, 2.24) is 14.8 Å². The number of halogens is 1. The van der Waals surface area contributed by atoms with Crippen LogP contribution in [-0.4, -0.2) is 27.8 Å². The maximum atomic E-state index is 14.1. The Bertz CT molecular complexity index is 1540. The third kappa shape index (κ3) is 4.82. The summed E-state index contributed by atoms with van der Waals surface area (Å²) in [5.41, 5.74) is 5.16. The number of aromatic nitrogens is 3. The number of anilines is 2. The minimum absolute atomic E-state index is 0.0471. The van der Waals surface area contributed by atoms with E-state index in [-0.39, 0.29) is 18.3 Å². The van der Waals surface area contributed by atoms with Gasteiger partial charge in [-0.2, -0.15) is 10.1 Å². The van der Waals surface area contributed by atoms with Gasteiger partial charge in [0.05, 0.1) is 12.7 Å². The number of carbonyl (C=O) groups excluding carboxylic acids is 1. The quantitative estimate of drug-likeness (QED) is 0.337. The van der Waals surface area contributed by atoms with E-state index in [1.54, 1.807) is 35.0 Å². The second-order valence-electron chi connectivity index (χ2n) is 9.16. The number of hydrogen-bond acceptors (Lipinski definition) is 6. The van der Waals surface area contributed by atoms with E-state index in [1.807, 2.05) is 45.0 Å². The molecule has 0 spiro atoms. The standard InChI is InChI=1S/C29H28FN5O3/c1-17-9-11-23(18(2)13-17)34-28(36)26-19(3)33-29-31-16-32-35(29)27(26)20-10-12-24(25(14-20)37-4)38-15-21-7-5-6-8-22(21)30/h5-14,16,27H,15H2,1-4H3,(H,34,36)(H,31,32,33)/t27-/m1/s1. The number of nitrogens with one attached hydrogen (secondary N) is 2. The van der Waals surface area contributed by atoms with Gasteiger partial charge in [0.15, 0.2) is 11.5 Å². The van der Waals surface area contributed by atoms with Crippen LogP contribution < -0.4 is 20.1 Å². The molecule has 1 aliphatic rings. The van der Waals surface area contributed by atoms with E-state index in [1.165, 1.54) is 19.5 Å². The van der Waals surface area contributed by atoms with Crippen LogP contribution in [0.3, 0.4) is 0 Å². The van der Waals surface area contributed by atoms with Crippen molar-refractivity contribution in [3.8, 4) is 11.5 Å². The minimum atomic E-state index is -0.575. The Labute approximate surface area is 220 Å². The molecule has 0 fully saturated rings. The lowest BCUT2D eigenvalue weighted by Gasteiger charge is -2.29. The van der Waals surface area contributed by atoms with Crippen LogP contribution in [0.2, 0.25) is 0 Å². The first-order chi connectivity index (χ1) is 18.4. The Hall–Kier alpha value is -4.66. The van der Waals surface area contributed by atoms with Gasteiger partial charge in [0.2, 0.25) is 5.95 Å².